The molecule has 2 rings (SSSR count). The van der Waals surface area contributed by atoms with Crippen molar-refractivity contribution in [3.63, 3.8) is 0 Å². The maximum atomic E-state index is 11.0. The molecule has 1 aliphatic rings. The zero-order valence-corrected chi connectivity index (χ0v) is 13.7. The molecule has 1 aromatic rings. The average Bonchev–Trinajstić information content (AvgIpc) is 2.46. The lowest BCUT2D eigenvalue weighted by atomic mass is 9.82. The van der Waals surface area contributed by atoms with Crippen LogP contribution in [-0.4, -0.2) is 32.0 Å². The predicted octanol–water partition coefficient (Wildman–Crippen LogP) is 3.24. The number of benzene rings is 1. The summed E-state index contributed by atoms with van der Waals surface area (Å²) >= 11 is 3.48. The molecule has 0 radical (unpaired) electrons. The van der Waals surface area contributed by atoms with Gasteiger partial charge in [0.1, 0.15) is 16.0 Å². The van der Waals surface area contributed by atoms with Crippen LogP contribution in [0.4, 0.5) is 0 Å². The summed E-state index contributed by atoms with van der Waals surface area (Å²) in [6.45, 7) is 2.62. The van der Waals surface area contributed by atoms with E-state index in [-0.39, 0.29) is 6.10 Å². The van der Waals surface area contributed by atoms with Crippen LogP contribution in [0.1, 0.15) is 31.7 Å². The van der Waals surface area contributed by atoms with Crippen molar-refractivity contribution in [2.75, 3.05) is 20.8 Å². The van der Waals surface area contributed by atoms with Crippen molar-refractivity contribution < 1.29 is 19.3 Å². The van der Waals surface area contributed by atoms with Crippen molar-refractivity contribution in [3.8, 4) is 11.5 Å². The Morgan fingerprint density at radius 3 is 2.75 bits per heavy atom. The molecular weight excluding hydrogens is 324 g/mol. The van der Waals surface area contributed by atoms with E-state index in [9.17, 15) is 5.11 Å². The second-order valence-electron chi connectivity index (χ2n) is 5.05. The van der Waals surface area contributed by atoms with Gasteiger partial charge in [-0.15, -0.1) is 0 Å². The zero-order chi connectivity index (χ0) is 14.8. The number of hydrogen-bond donors (Lipinski definition) is 1. The van der Waals surface area contributed by atoms with Crippen molar-refractivity contribution >= 4 is 15.9 Å². The Morgan fingerprint density at radius 2 is 2.15 bits per heavy atom. The van der Waals surface area contributed by atoms with Crippen LogP contribution in [0.3, 0.4) is 0 Å². The molecule has 20 heavy (non-hydrogen) atoms. The Hall–Kier alpha value is -0.780. The molecule has 1 heterocycles. The Kier molecular flexibility index (Phi) is 4.94. The number of rotatable bonds is 4. The molecule has 0 saturated carbocycles. The molecule has 0 bridgehead atoms. The maximum absolute atomic E-state index is 11.0. The topological polar surface area (TPSA) is 47.9 Å². The van der Waals surface area contributed by atoms with E-state index in [1.165, 1.54) is 0 Å². The lowest BCUT2D eigenvalue weighted by molar-refractivity contribution is -0.109. The fourth-order valence-electron chi connectivity index (χ4n) is 2.70. The van der Waals surface area contributed by atoms with Gasteiger partial charge in [0.2, 0.25) is 0 Å². The smallest absolute Gasteiger partial charge is 0.142 e. The molecule has 5 heteroatoms. The van der Waals surface area contributed by atoms with E-state index in [1.54, 1.807) is 14.2 Å². The Morgan fingerprint density at radius 1 is 1.40 bits per heavy atom. The van der Waals surface area contributed by atoms with Gasteiger partial charge < -0.3 is 19.3 Å². The summed E-state index contributed by atoms with van der Waals surface area (Å²) in [7, 11) is 3.21. The Bertz CT molecular complexity index is 477. The highest BCUT2D eigenvalue weighted by atomic mass is 79.9. The number of methoxy groups -OCH3 is 2. The lowest BCUT2D eigenvalue weighted by Crippen LogP contribution is -2.38. The molecule has 1 saturated heterocycles. The lowest BCUT2D eigenvalue weighted by Gasteiger charge is -2.38. The molecule has 0 spiro atoms. The fraction of sp³-hybridized carbons (Fsp3) is 0.600. The molecule has 1 fully saturated rings. The summed E-state index contributed by atoms with van der Waals surface area (Å²) in [4.78, 5) is 0. The van der Waals surface area contributed by atoms with E-state index in [1.807, 2.05) is 12.1 Å². The van der Waals surface area contributed by atoms with Crippen molar-refractivity contribution in [2.45, 2.75) is 37.9 Å². The number of halogens is 1. The van der Waals surface area contributed by atoms with Gasteiger partial charge >= 0.3 is 0 Å². The molecule has 2 atom stereocenters. The number of aliphatic hydroxyl groups is 1. The summed E-state index contributed by atoms with van der Waals surface area (Å²) in [6, 6.07) is 3.72. The minimum atomic E-state index is -0.918. The van der Waals surface area contributed by atoms with Crippen LogP contribution >= 0.6 is 15.9 Å². The highest BCUT2D eigenvalue weighted by Crippen LogP contribution is 2.45. The first-order valence-electron chi connectivity index (χ1n) is 6.80. The quantitative estimate of drug-likeness (QED) is 0.910. The molecule has 1 aromatic carbocycles. The number of ether oxygens (including phenoxy) is 3. The molecule has 0 aromatic heterocycles. The summed E-state index contributed by atoms with van der Waals surface area (Å²) < 4.78 is 17.1. The van der Waals surface area contributed by atoms with Gasteiger partial charge in [-0.3, -0.25) is 0 Å². The van der Waals surface area contributed by atoms with E-state index in [2.05, 4.69) is 22.9 Å². The third-order valence-electron chi connectivity index (χ3n) is 3.88. The SMILES string of the molecule is CCC1CC(O)(c2ccc(OC)c(Br)c2OC)CCO1. The summed E-state index contributed by atoms with van der Waals surface area (Å²) in [6.07, 6.45) is 2.12. The molecule has 112 valence electrons. The van der Waals surface area contributed by atoms with Crippen molar-refractivity contribution in [1.29, 1.82) is 0 Å². The van der Waals surface area contributed by atoms with Crippen LogP contribution in [0.25, 0.3) is 0 Å². The zero-order valence-electron chi connectivity index (χ0n) is 12.1. The minimum absolute atomic E-state index is 0.0827. The predicted molar refractivity (Wildman–Crippen MR) is 80.4 cm³/mol. The van der Waals surface area contributed by atoms with Gasteiger partial charge in [0.25, 0.3) is 0 Å². The van der Waals surface area contributed by atoms with E-state index < -0.39 is 5.60 Å². The fourth-order valence-corrected chi connectivity index (χ4v) is 3.37. The normalized spacial score (nSPS) is 26.4. The van der Waals surface area contributed by atoms with Gasteiger partial charge in [-0.05, 0) is 34.5 Å². The Labute approximate surface area is 128 Å². The van der Waals surface area contributed by atoms with Crippen LogP contribution in [0.2, 0.25) is 0 Å². The largest absolute Gasteiger partial charge is 0.495 e. The minimum Gasteiger partial charge on any atom is -0.495 e. The van der Waals surface area contributed by atoms with E-state index >= 15 is 0 Å². The van der Waals surface area contributed by atoms with Crippen LogP contribution in [0.15, 0.2) is 16.6 Å². The van der Waals surface area contributed by atoms with Gasteiger partial charge in [0.05, 0.1) is 32.5 Å². The molecular formula is C15H21BrO4. The van der Waals surface area contributed by atoms with Gasteiger partial charge in [-0.25, -0.2) is 0 Å². The third-order valence-corrected chi connectivity index (χ3v) is 4.63. The first kappa shape index (κ1) is 15.6. The standard InChI is InChI=1S/C15H21BrO4/c1-4-10-9-15(17,7-8-20-10)11-5-6-12(18-2)13(16)14(11)19-3/h5-6,10,17H,4,7-9H2,1-3H3. The average molecular weight is 345 g/mol. The molecule has 4 nitrogen and oxygen atoms in total. The van der Waals surface area contributed by atoms with Gasteiger partial charge in [0.15, 0.2) is 0 Å². The van der Waals surface area contributed by atoms with Gasteiger partial charge in [-0.2, -0.15) is 0 Å². The van der Waals surface area contributed by atoms with E-state index in [0.717, 1.165) is 16.5 Å². The van der Waals surface area contributed by atoms with Crippen LogP contribution in [0.5, 0.6) is 11.5 Å². The van der Waals surface area contributed by atoms with Crippen LogP contribution in [-0.2, 0) is 10.3 Å². The third kappa shape index (κ3) is 2.80. The summed E-state index contributed by atoms with van der Waals surface area (Å²) in [5, 5.41) is 11.0. The number of hydrogen-bond acceptors (Lipinski definition) is 4. The van der Waals surface area contributed by atoms with Crippen molar-refractivity contribution in [3.05, 3.63) is 22.2 Å². The maximum Gasteiger partial charge on any atom is 0.142 e. The van der Waals surface area contributed by atoms with E-state index in [4.69, 9.17) is 14.2 Å². The summed E-state index contributed by atoms with van der Waals surface area (Å²) in [5.41, 5.74) is -0.131. The second-order valence-corrected chi connectivity index (χ2v) is 5.84. The van der Waals surface area contributed by atoms with Gasteiger partial charge in [0, 0.05) is 18.4 Å². The van der Waals surface area contributed by atoms with Crippen LogP contribution < -0.4 is 9.47 Å². The summed E-state index contributed by atoms with van der Waals surface area (Å²) in [5.74, 6) is 1.32. The van der Waals surface area contributed by atoms with Gasteiger partial charge in [-0.1, -0.05) is 6.92 Å². The molecule has 1 aliphatic heterocycles. The highest BCUT2D eigenvalue weighted by molar-refractivity contribution is 9.10. The molecule has 0 aliphatic carbocycles. The monoisotopic (exact) mass is 344 g/mol. The first-order valence-corrected chi connectivity index (χ1v) is 7.60. The molecule has 1 N–H and O–H groups in total. The molecule has 0 amide bonds. The van der Waals surface area contributed by atoms with Crippen molar-refractivity contribution in [1.82, 2.24) is 0 Å². The van der Waals surface area contributed by atoms with Crippen LogP contribution in [0, 0.1) is 0 Å². The van der Waals surface area contributed by atoms with Crippen molar-refractivity contribution in [2.24, 2.45) is 0 Å². The second kappa shape index (κ2) is 6.33. The Balaban J connectivity index is 2.43. The first-order chi connectivity index (χ1) is 9.55. The molecule has 2 unspecified atom stereocenters. The highest BCUT2D eigenvalue weighted by Gasteiger charge is 2.39. The van der Waals surface area contributed by atoms with E-state index in [0.29, 0.717) is 30.9 Å².